The van der Waals surface area contributed by atoms with Gasteiger partial charge in [0.25, 0.3) is 0 Å². The fourth-order valence-corrected chi connectivity index (χ4v) is 3.37. The van der Waals surface area contributed by atoms with E-state index < -0.39 is 10.0 Å². The molecule has 3 N–H and O–H groups in total. The molecular formula is C19H23N5O3S2. The normalized spacial score (nSPS) is 11.5. The second-order valence-corrected chi connectivity index (χ2v) is 8.95. The number of aryl methyl sites for hydroxylation is 1. The number of thiocarbonyl (C=S) groups is 1. The molecule has 2 aromatic carbocycles. The molecule has 0 fully saturated rings. The van der Waals surface area contributed by atoms with Gasteiger partial charge in [-0.1, -0.05) is 18.2 Å². The monoisotopic (exact) mass is 433 g/mol. The summed E-state index contributed by atoms with van der Waals surface area (Å²) in [6, 6.07) is 11.9. The molecule has 0 saturated carbocycles. The molecule has 0 bridgehead atoms. The highest BCUT2D eigenvalue weighted by atomic mass is 32.2. The summed E-state index contributed by atoms with van der Waals surface area (Å²) in [5.41, 5.74) is 5.61. The highest BCUT2D eigenvalue weighted by molar-refractivity contribution is 7.89. The number of nitrogens with one attached hydrogen (secondary N) is 3. The van der Waals surface area contributed by atoms with Crippen LogP contribution in [0.25, 0.3) is 0 Å². The summed E-state index contributed by atoms with van der Waals surface area (Å²) in [6.07, 6.45) is 1.57. The maximum absolute atomic E-state index is 12.3. The van der Waals surface area contributed by atoms with Crippen molar-refractivity contribution >= 4 is 50.9 Å². The second kappa shape index (κ2) is 9.59. The lowest BCUT2D eigenvalue weighted by Gasteiger charge is -2.15. The molecule has 0 aliphatic heterocycles. The third-order valence-corrected chi connectivity index (χ3v) is 5.85. The van der Waals surface area contributed by atoms with E-state index in [4.69, 9.17) is 12.2 Å². The number of carbonyl (C=O) groups excluding carboxylic acids is 1. The molecule has 10 heteroatoms. The summed E-state index contributed by atoms with van der Waals surface area (Å²) in [6.45, 7) is 3.29. The first-order chi connectivity index (χ1) is 13.6. The third-order valence-electron chi connectivity index (χ3n) is 3.85. The van der Waals surface area contributed by atoms with Gasteiger partial charge >= 0.3 is 0 Å². The van der Waals surface area contributed by atoms with Gasteiger partial charge < -0.3 is 10.6 Å². The lowest BCUT2D eigenvalue weighted by Crippen LogP contribution is -2.25. The Morgan fingerprint density at radius 3 is 2.34 bits per heavy atom. The SMILES string of the molecule is CC(=O)Nc1ccc(/C=N/NC(=S)Nc2cc(S(=O)(=O)N(C)C)ccc2C)cc1. The van der Waals surface area contributed by atoms with Crippen molar-refractivity contribution in [2.45, 2.75) is 18.7 Å². The third kappa shape index (κ3) is 6.34. The van der Waals surface area contributed by atoms with Crippen LogP contribution in [0.1, 0.15) is 18.1 Å². The number of hydrogen-bond donors (Lipinski definition) is 3. The molecule has 1 amide bonds. The van der Waals surface area contributed by atoms with Crippen LogP contribution in [0, 0.1) is 6.92 Å². The number of hydrogen-bond acceptors (Lipinski definition) is 5. The molecule has 0 saturated heterocycles. The zero-order valence-corrected chi connectivity index (χ0v) is 18.2. The van der Waals surface area contributed by atoms with Crippen molar-refractivity contribution < 1.29 is 13.2 Å². The Hall–Kier alpha value is -2.82. The van der Waals surface area contributed by atoms with Gasteiger partial charge in [0.2, 0.25) is 15.9 Å². The van der Waals surface area contributed by atoms with Crippen molar-refractivity contribution in [1.29, 1.82) is 0 Å². The van der Waals surface area contributed by atoms with E-state index in [2.05, 4.69) is 21.2 Å². The first-order valence-corrected chi connectivity index (χ1v) is 10.5. The van der Waals surface area contributed by atoms with Gasteiger partial charge in [0.05, 0.1) is 11.1 Å². The molecular weight excluding hydrogens is 410 g/mol. The first kappa shape index (κ1) is 22.5. The number of rotatable bonds is 6. The van der Waals surface area contributed by atoms with Gasteiger partial charge in [-0.25, -0.2) is 12.7 Å². The van der Waals surface area contributed by atoms with E-state index >= 15 is 0 Å². The molecule has 2 rings (SSSR count). The minimum atomic E-state index is -3.54. The molecule has 0 aromatic heterocycles. The first-order valence-electron chi connectivity index (χ1n) is 8.60. The van der Waals surface area contributed by atoms with Crippen LogP contribution in [0.2, 0.25) is 0 Å². The molecule has 0 aliphatic rings. The summed E-state index contributed by atoms with van der Waals surface area (Å²) in [4.78, 5) is 11.2. The zero-order valence-electron chi connectivity index (χ0n) is 16.6. The van der Waals surface area contributed by atoms with E-state index in [1.54, 1.807) is 42.6 Å². The van der Waals surface area contributed by atoms with E-state index in [1.165, 1.54) is 27.1 Å². The lowest BCUT2D eigenvalue weighted by molar-refractivity contribution is -0.114. The van der Waals surface area contributed by atoms with E-state index in [-0.39, 0.29) is 15.9 Å². The summed E-state index contributed by atoms with van der Waals surface area (Å²) in [7, 11) is -0.586. The maximum Gasteiger partial charge on any atom is 0.242 e. The van der Waals surface area contributed by atoms with Crippen LogP contribution in [-0.4, -0.2) is 44.1 Å². The average molecular weight is 434 g/mol. The summed E-state index contributed by atoms with van der Waals surface area (Å²) < 4.78 is 25.7. The van der Waals surface area contributed by atoms with Crippen molar-refractivity contribution in [2.75, 3.05) is 24.7 Å². The number of nitrogens with zero attached hydrogens (tertiary/aromatic N) is 2. The molecule has 154 valence electrons. The summed E-state index contributed by atoms with van der Waals surface area (Å²) >= 11 is 5.22. The minimum absolute atomic E-state index is 0.137. The Kier molecular flexibility index (Phi) is 7.43. The molecule has 29 heavy (non-hydrogen) atoms. The maximum atomic E-state index is 12.3. The van der Waals surface area contributed by atoms with Gasteiger partial charge in [-0.3, -0.25) is 10.2 Å². The number of sulfonamides is 1. The lowest BCUT2D eigenvalue weighted by atomic mass is 10.2. The number of benzene rings is 2. The van der Waals surface area contributed by atoms with Crippen LogP contribution in [0.3, 0.4) is 0 Å². The summed E-state index contributed by atoms with van der Waals surface area (Å²) in [5.74, 6) is -0.137. The van der Waals surface area contributed by atoms with Gasteiger partial charge in [0, 0.05) is 32.4 Å². The Bertz CT molecular complexity index is 1030. The Labute approximate surface area is 176 Å². The van der Waals surface area contributed by atoms with Gasteiger partial charge in [-0.2, -0.15) is 5.10 Å². The van der Waals surface area contributed by atoms with Crippen LogP contribution in [-0.2, 0) is 14.8 Å². The van der Waals surface area contributed by atoms with Crippen LogP contribution in [0.4, 0.5) is 11.4 Å². The van der Waals surface area contributed by atoms with Crippen molar-refractivity contribution in [3.05, 3.63) is 53.6 Å². The van der Waals surface area contributed by atoms with E-state index in [0.29, 0.717) is 11.4 Å². The number of hydrazone groups is 1. The molecule has 2 aromatic rings. The second-order valence-electron chi connectivity index (χ2n) is 6.39. The van der Waals surface area contributed by atoms with Gasteiger partial charge in [-0.15, -0.1) is 0 Å². The fourth-order valence-electron chi connectivity index (χ4n) is 2.28. The molecule has 0 heterocycles. The Balaban J connectivity index is 2.02. The van der Waals surface area contributed by atoms with Crippen LogP contribution in [0.5, 0.6) is 0 Å². The van der Waals surface area contributed by atoms with Gasteiger partial charge in [-0.05, 0) is 54.5 Å². The highest BCUT2D eigenvalue weighted by Crippen LogP contribution is 2.21. The van der Waals surface area contributed by atoms with Crippen molar-refractivity contribution in [3.8, 4) is 0 Å². The molecule has 0 aliphatic carbocycles. The number of carbonyl (C=O) groups is 1. The predicted molar refractivity (Wildman–Crippen MR) is 120 cm³/mol. The van der Waals surface area contributed by atoms with E-state index in [9.17, 15) is 13.2 Å². The van der Waals surface area contributed by atoms with E-state index in [1.807, 2.05) is 6.92 Å². The standard InChI is InChI=1S/C19H23N5O3S2/c1-13-5-10-17(29(26,27)24(3)4)11-18(13)22-19(28)23-20-12-15-6-8-16(9-7-15)21-14(2)25/h5-12H,1-4H3,(H,21,25)(H2,22,23,28)/b20-12+. The van der Waals surface area contributed by atoms with Crippen LogP contribution in [0.15, 0.2) is 52.5 Å². The van der Waals surface area contributed by atoms with E-state index in [0.717, 1.165) is 15.4 Å². The highest BCUT2D eigenvalue weighted by Gasteiger charge is 2.18. The topological polar surface area (TPSA) is 103 Å². The molecule has 0 spiro atoms. The molecule has 0 radical (unpaired) electrons. The average Bonchev–Trinajstić information content (AvgIpc) is 2.64. The van der Waals surface area contributed by atoms with Crippen LogP contribution >= 0.6 is 12.2 Å². The molecule has 0 atom stereocenters. The molecule has 0 unspecified atom stereocenters. The van der Waals surface area contributed by atoms with Crippen molar-refractivity contribution in [1.82, 2.24) is 9.73 Å². The van der Waals surface area contributed by atoms with Crippen LogP contribution < -0.4 is 16.1 Å². The van der Waals surface area contributed by atoms with Crippen molar-refractivity contribution in [3.63, 3.8) is 0 Å². The Morgan fingerprint density at radius 1 is 1.10 bits per heavy atom. The molecule has 8 nitrogen and oxygen atoms in total. The van der Waals surface area contributed by atoms with Gasteiger partial charge in [0.15, 0.2) is 5.11 Å². The zero-order chi connectivity index (χ0) is 21.6. The number of amides is 1. The number of anilines is 2. The summed E-state index contributed by atoms with van der Waals surface area (Å²) in [5, 5.41) is 9.93. The predicted octanol–water partition coefficient (Wildman–Crippen LogP) is 2.52. The van der Waals surface area contributed by atoms with Crippen molar-refractivity contribution in [2.24, 2.45) is 5.10 Å². The Morgan fingerprint density at radius 2 is 1.76 bits per heavy atom. The smallest absolute Gasteiger partial charge is 0.242 e. The fraction of sp³-hybridized carbons (Fsp3) is 0.211. The quantitative estimate of drug-likeness (QED) is 0.368. The minimum Gasteiger partial charge on any atom is -0.331 e. The van der Waals surface area contributed by atoms with Gasteiger partial charge in [0.1, 0.15) is 0 Å². The largest absolute Gasteiger partial charge is 0.331 e.